The fraction of sp³-hybridized carbons (Fsp3) is 0.118. The van der Waals surface area contributed by atoms with E-state index in [-0.39, 0.29) is 5.91 Å². The minimum atomic E-state index is -0.209. The van der Waals surface area contributed by atoms with E-state index < -0.39 is 0 Å². The van der Waals surface area contributed by atoms with Gasteiger partial charge >= 0.3 is 0 Å². The van der Waals surface area contributed by atoms with Crippen LogP contribution in [-0.4, -0.2) is 20.1 Å². The Morgan fingerprint density at radius 2 is 1.83 bits per heavy atom. The van der Waals surface area contributed by atoms with Crippen LogP contribution in [0.5, 0.6) is 11.5 Å². The highest BCUT2D eigenvalue weighted by Gasteiger charge is 2.24. The molecule has 2 aromatic carbocycles. The van der Waals surface area contributed by atoms with Crippen LogP contribution in [0, 0.1) is 0 Å². The molecule has 1 amide bonds. The highest BCUT2D eigenvalue weighted by Crippen LogP contribution is 2.37. The molecular weight excluding hydrogens is 351 g/mol. The standard InChI is InChI=1S/C17H14Cl2N2O3/c1-23-15-7-14(16(24-2)6-12(15)19)20-8-11-10-5-9(18)3-4-13(10)21-17(11)22/h3-8,20H,1-2H3,(H,21,22). The van der Waals surface area contributed by atoms with Crippen molar-refractivity contribution in [3.8, 4) is 11.5 Å². The zero-order valence-electron chi connectivity index (χ0n) is 12.9. The average molecular weight is 365 g/mol. The van der Waals surface area contributed by atoms with E-state index in [9.17, 15) is 4.79 Å². The smallest absolute Gasteiger partial charge is 0.257 e. The van der Waals surface area contributed by atoms with Gasteiger partial charge in [-0.05, 0) is 18.2 Å². The molecule has 5 nitrogen and oxygen atoms in total. The number of hydrogen-bond acceptors (Lipinski definition) is 4. The summed E-state index contributed by atoms with van der Waals surface area (Å²) in [5, 5.41) is 6.85. The molecule has 124 valence electrons. The normalized spacial score (nSPS) is 14.3. The van der Waals surface area contributed by atoms with Crippen molar-refractivity contribution in [1.29, 1.82) is 0 Å². The lowest BCUT2D eigenvalue weighted by Gasteiger charge is -2.12. The van der Waals surface area contributed by atoms with E-state index in [0.29, 0.717) is 32.8 Å². The Balaban J connectivity index is 1.97. The van der Waals surface area contributed by atoms with Crippen molar-refractivity contribution in [3.05, 3.63) is 52.1 Å². The Morgan fingerprint density at radius 1 is 1.08 bits per heavy atom. The predicted octanol–water partition coefficient (Wildman–Crippen LogP) is 4.42. The number of rotatable bonds is 4. The molecule has 0 fully saturated rings. The highest BCUT2D eigenvalue weighted by molar-refractivity contribution is 6.34. The Hall–Kier alpha value is -2.37. The van der Waals surface area contributed by atoms with Gasteiger partial charge in [-0.25, -0.2) is 0 Å². The third-order valence-electron chi connectivity index (χ3n) is 3.61. The Kier molecular flexibility index (Phi) is 4.55. The summed E-state index contributed by atoms with van der Waals surface area (Å²) in [6, 6.07) is 8.57. The molecule has 24 heavy (non-hydrogen) atoms. The third-order valence-corrected chi connectivity index (χ3v) is 4.14. The molecule has 0 bridgehead atoms. The molecule has 0 radical (unpaired) electrons. The van der Waals surface area contributed by atoms with Crippen LogP contribution in [0.4, 0.5) is 11.4 Å². The van der Waals surface area contributed by atoms with Crippen molar-refractivity contribution in [2.24, 2.45) is 0 Å². The first-order valence-electron chi connectivity index (χ1n) is 7.03. The maximum Gasteiger partial charge on any atom is 0.257 e. The molecule has 1 aliphatic rings. The van der Waals surface area contributed by atoms with Gasteiger partial charge in [0.2, 0.25) is 0 Å². The summed E-state index contributed by atoms with van der Waals surface area (Å²) in [4.78, 5) is 12.2. The molecule has 2 aromatic rings. The van der Waals surface area contributed by atoms with Crippen LogP contribution in [0.2, 0.25) is 10.0 Å². The SMILES string of the molecule is COc1cc(NC=C2C(=O)Nc3ccc(Cl)cc32)c(OC)cc1Cl. The summed E-state index contributed by atoms with van der Waals surface area (Å²) in [7, 11) is 3.06. The van der Waals surface area contributed by atoms with Crippen LogP contribution in [-0.2, 0) is 4.79 Å². The maximum absolute atomic E-state index is 12.2. The molecule has 0 aromatic heterocycles. The van der Waals surface area contributed by atoms with Gasteiger partial charge in [-0.1, -0.05) is 23.2 Å². The van der Waals surface area contributed by atoms with Gasteiger partial charge in [0.1, 0.15) is 11.5 Å². The van der Waals surface area contributed by atoms with Gasteiger partial charge < -0.3 is 20.1 Å². The number of nitrogens with one attached hydrogen (secondary N) is 2. The van der Waals surface area contributed by atoms with Gasteiger partial charge in [0.05, 0.1) is 30.5 Å². The Labute approximate surface area is 149 Å². The second-order valence-corrected chi connectivity index (χ2v) is 5.88. The number of methoxy groups -OCH3 is 2. The van der Waals surface area contributed by atoms with Gasteiger partial charge in [0.15, 0.2) is 0 Å². The number of anilines is 2. The molecule has 0 atom stereocenters. The third kappa shape index (κ3) is 3.00. The van der Waals surface area contributed by atoms with E-state index in [1.54, 1.807) is 36.5 Å². The molecule has 1 heterocycles. The lowest BCUT2D eigenvalue weighted by Crippen LogP contribution is -2.05. The highest BCUT2D eigenvalue weighted by atomic mass is 35.5. The van der Waals surface area contributed by atoms with Crippen molar-refractivity contribution < 1.29 is 14.3 Å². The molecule has 3 rings (SSSR count). The number of benzene rings is 2. The van der Waals surface area contributed by atoms with E-state index in [2.05, 4.69) is 10.6 Å². The fourth-order valence-corrected chi connectivity index (χ4v) is 2.83. The minimum Gasteiger partial charge on any atom is -0.495 e. The van der Waals surface area contributed by atoms with Crippen molar-refractivity contribution in [3.63, 3.8) is 0 Å². The summed E-state index contributed by atoms with van der Waals surface area (Å²) in [5.74, 6) is 0.819. The molecule has 0 aliphatic carbocycles. The Morgan fingerprint density at radius 3 is 2.54 bits per heavy atom. The quantitative estimate of drug-likeness (QED) is 0.788. The lowest BCUT2D eigenvalue weighted by atomic mass is 10.1. The molecule has 2 N–H and O–H groups in total. The number of amides is 1. The number of hydrogen-bond donors (Lipinski definition) is 2. The summed E-state index contributed by atoms with van der Waals surface area (Å²) >= 11 is 12.1. The first-order valence-corrected chi connectivity index (χ1v) is 7.78. The zero-order valence-corrected chi connectivity index (χ0v) is 14.5. The molecular formula is C17H14Cl2N2O3. The second-order valence-electron chi connectivity index (χ2n) is 5.03. The Bertz CT molecular complexity index is 850. The van der Waals surface area contributed by atoms with Crippen LogP contribution >= 0.6 is 23.2 Å². The van der Waals surface area contributed by atoms with Gasteiger partial charge in [-0.2, -0.15) is 0 Å². The summed E-state index contributed by atoms with van der Waals surface area (Å²) in [6.07, 6.45) is 1.60. The van der Waals surface area contributed by atoms with Crippen LogP contribution in [0.1, 0.15) is 5.56 Å². The molecule has 1 aliphatic heterocycles. The summed E-state index contributed by atoms with van der Waals surface area (Å²) in [5.41, 5.74) is 2.55. The summed E-state index contributed by atoms with van der Waals surface area (Å²) in [6.45, 7) is 0. The number of halogens is 2. The maximum atomic E-state index is 12.2. The second kappa shape index (κ2) is 6.63. The first kappa shape index (κ1) is 16.5. The van der Waals surface area contributed by atoms with Crippen molar-refractivity contribution in [1.82, 2.24) is 0 Å². The van der Waals surface area contributed by atoms with Crippen LogP contribution < -0.4 is 20.1 Å². The van der Waals surface area contributed by atoms with E-state index in [1.165, 1.54) is 14.2 Å². The largest absolute Gasteiger partial charge is 0.495 e. The average Bonchev–Trinajstić information content (AvgIpc) is 2.88. The van der Waals surface area contributed by atoms with Crippen molar-refractivity contribution in [2.75, 3.05) is 24.9 Å². The monoisotopic (exact) mass is 364 g/mol. The summed E-state index contributed by atoms with van der Waals surface area (Å²) < 4.78 is 10.5. The van der Waals surface area contributed by atoms with Gasteiger partial charge in [-0.3, -0.25) is 4.79 Å². The minimum absolute atomic E-state index is 0.209. The first-order chi connectivity index (χ1) is 11.5. The van der Waals surface area contributed by atoms with Gasteiger partial charge in [-0.15, -0.1) is 0 Å². The zero-order chi connectivity index (χ0) is 17.3. The topological polar surface area (TPSA) is 59.6 Å². The molecule has 0 unspecified atom stereocenters. The van der Waals surface area contributed by atoms with E-state index >= 15 is 0 Å². The number of carbonyl (C=O) groups is 1. The van der Waals surface area contributed by atoms with Crippen molar-refractivity contribution >= 4 is 46.1 Å². The molecule has 0 saturated carbocycles. The molecule has 0 saturated heterocycles. The fourth-order valence-electron chi connectivity index (χ4n) is 2.43. The lowest BCUT2D eigenvalue weighted by molar-refractivity contribution is -0.110. The van der Waals surface area contributed by atoms with Gasteiger partial charge in [0, 0.05) is 34.6 Å². The van der Waals surface area contributed by atoms with Gasteiger partial charge in [0.25, 0.3) is 5.91 Å². The number of fused-ring (bicyclic) bond motifs is 1. The van der Waals surface area contributed by atoms with Crippen LogP contribution in [0.25, 0.3) is 5.57 Å². The molecule has 0 spiro atoms. The van der Waals surface area contributed by atoms with E-state index in [4.69, 9.17) is 32.7 Å². The van der Waals surface area contributed by atoms with Crippen molar-refractivity contribution in [2.45, 2.75) is 0 Å². The molecule has 7 heteroatoms. The number of ether oxygens (including phenoxy) is 2. The predicted molar refractivity (Wildman–Crippen MR) is 96.2 cm³/mol. The van der Waals surface area contributed by atoms with Crippen LogP contribution in [0.3, 0.4) is 0 Å². The number of carbonyl (C=O) groups excluding carboxylic acids is 1. The van der Waals surface area contributed by atoms with Crippen LogP contribution in [0.15, 0.2) is 36.5 Å². The van der Waals surface area contributed by atoms with E-state index in [1.807, 2.05) is 0 Å². The van der Waals surface area contributed by atoms with E-state index in [0.717, 1.165) is 11.3 Å².